The molecule has 1 N–H and O–H groups in total. The Morgan fingerprint density at radius 3 is 3.05 bits per heavy atom. The van der Waals surface area contributed by atoms with Crippen molar-refractivity contribution in [3.05, 3.63) is 34.1 Å². The topological polar surface area (TPSA) is 64.7 Å². The van der Waals surface area contributed by atoms with Crippen LogP contribution in [0.1, 0.15) is 41.4 Å². The number of nitrogens with zero attached hydrogens (tertiary/aromatic N) is 4. The number of hydrogen-bond donors (Lipinski definition) is 1. The van der Waals surface area contributed by atoms with Crippen molar-refractivity contribution in [2.24, 2.45) is 7.05 Å². The maximum Gasteiger partial charge on any atom is 0.267 e. The number of aryl methyl sites for hydroxylation is 3. The molecular weight excluding hydrogens is 346 g/mol. The minimum Gasteiger partial charge on any atom is -0.351 e. The summed E-state index contributed by atoms with van der Waals surface area (Å²) in [6.07, 6.45) is 7.04. The maximum atomic E-state index is 12.1. The van der Waals surface area contributed by atoms with Gasteiger partial charge in [0.1, 0.15) is 17.3 Å². The highest BCUT2D eigenvalue weighted by Crippen LogP contribution is 2.15. The molecule has 0 radical (unpaired) electrons. The van der Waals surface area contributed by atoms with Crippen molar-refractivity contribution in [1.29, 1.82) is 0 Å². The molecule has 0 spiro atoms. The van der Waals surface area contributed by atoms with Crippen LogP contribution >= 0.6 is 15.9 Å². The Kier molecular flexibility index (Phi) is 4.61. The van der Waals surface area contributed by atoms with Crippen molar-refractivity contribution < 1.29 is 4.79 Å². The quantitative estimate of drug-likeness (QED) is 0.824. The van der Waals surface area contributed by atoms with E-state index in [0.717, 1.165) is 41.9 Å². The zero-order valence-corrected chi connectivity index (χ0v) is 14.3. The fraction of sp³-hybridized carbons (Fsp3) is 0.533. The third kappa shape index (κ3) is 3.24. The first kappa shape index (κ1) is 15.3. The summed E-state index contributed by atoms with van der Waals surface area (Å²) < 4.78 is 4.96. The van der Waals surface area contributed by atoms with Crippen molar-refractivity contribution in [2.75, 3.05) is 6.54 Å². The summed E-state index contributed by atoms with van der Waals surface area (Å²) in [5, 5.41) is 11.5. The van der Waals surface area contributed by atoms with E-state index in [4.69, 9.17) is 0 Å². The van der Waals surface area contributed by atoms with E-state index in [-0.39, 0.29) is 5.91 Å². The summed E-state index contributed by atoms with van der Waals surface area (Å²) in [6.45, 7) is 1.67. The van der Waals surface area contributed by atoms with Gasteiger partial charge in [0.25, 0.3) is 5.91 Å². The molecule has 6 nitrogen and oxygen atoms in total. The Labute approximate surface area is 138 Å². The van der Waals surface area contributed by atoms with Crippen LogP contribution in [0.25, 0.3) is 0 Å². The van der Waals surface area contributed by atoms with Gasteiger partial charge in [-0.15, -0.1) is 10.2 Å². The monoisotopic (exact) mass is 365 g/mol. The Hall–Kier alpha value is -1.63. The van der Waals surface area contributed by atoms with E-state index in [2.05, 4.69) is 36.0 Å². The summed E-state index contributed by atoms with van der Waals surface area (Å²) >= 11 is 3.38. The molecule has 1 aliphatic heterocycles. The minimum absolute atomic E-state index is 0.0449. The molecule has 7 heteroatoms. The van der Waals surface area contributed by atoms with Crippen LogP contribution in [0.15, 0.2) is 16.7 Å². The van der Waals surface area contributed by atoms with E-state index in [9.17, 15) is 4.79 Å². The van der Waals surface area contributed by atoms with Gasteiger partial charge in [-0.25, -0.2) is 0 Å². The fourth-order valence-corrected chi connectivity index (χ4v) is 3.37. The number of halogens is 1. The highest BCUT2D eigenvalue weighted by atomic mass is 79.9. The SMILES string of the molecule is Cn1cc(Br)cc1C(=O)NCCCc1nnc2n1CCCC2. The van der Waals surface area contributed by atoms with Crippen LogP contribution in [0.4, 0.5) is 0 Å². The lowest BCUT2D eigenvalue weighted by Crippen LogP contribution is -2.26. The molecular formula is C15H20BrN5O. The van der Waals surface area contributed by atoms with Gasteiger partial charge in [0, 0.05) is 43.6 Å². The number of hydrogen-bond acceptors (Lipinski definition) is 3. The summed E-state index contributed by atoms with van der Waals surface area (Å²) in [4.78, 5) is 12.1. The Balaban J connectivity index is 1.49. The second-order valence-corrected chi connectivity index (χ2v) is 6.57. The van der Waals surface area contributed by atoms with Crippen molar-refractivity contribution >= 4 is 21.8 Å². The Morgan fingerprint density at radius 1 is 1.41 bits per heavy atom. The maximum absolute atomic E-state index is 12.1. The summed E-state index contributed by atoms with van der Waals surface area (Å²) in [7, 11) is 1.86. The molecule has 0 saturated heterocycles. The number of carbonyl (C=O) groups excluding carboxylic acids is 1. The van der Waals surface area contributed by atoms with E-state index in [1.54, 1.807) is 0 Å². The smallest absolute Gasteiger partial charge is 0.267 e. The van der Waals surface area contributed by atoms with Gasteiger partial charge in [0.2, 0.25) is 0 Å². The van der Waals surface area contributed by atoms with Crippen LogP contribution in [-0.2, 0) is 26.4 Å². The first-order valence-corrected chi connectivity index (χ1v) is 8.45. The molecule has 2 aromatic heterocycles. The number of fused-ring (bicyclic) bond motifs is 1. The first-order chi connectivity index (χ1) is 10.6. The van der Waals surface area contributed by atoms with Crippen molar-refractivity contribution in [1.82, 2.24) is 24.6 Å². The standard InChI is InChI=1S/C15H20BrN5O/c1-20-10-11(16)9-12(20)15(22)17-7-4-6-14-19-18-13-5-2-3-8-21(13)14/h9-10H,2-8H2,1H3,(H,17,22). The molecule has 0 bridgehead atoms. The van der Waals surface area contributed by atoms with Gasteiger partial charge in [-0.1, -0.05) is 0 Å². The van der Waals surface area contributed by atoms with Gasteiger partial charge in [-0.3, -0.25) is 4.79 Å². The predicted octanol–water partition coefficient (Wildman–Crippen LogP) is 2.08. The number of rotatable bonds is 5. The largest absolute Gasteiger partial charge is 0.351 e. The average Bonchev–Trinajstić information content (AvgIpc) is 3.07. The molecule has 1 aliphatic rings. The predicted molar refractivity (Wildman–Crippen MR) is 86.7 cm³/mol. The van der Waals surface area contributed by atoms with Crippen molar-refractivity contribution in [3.63, 3.8) is 0 Å². The van der Waals surface area contributed by atoms with Gasteiger partial charge in [-0.2, -0.15) is 0 Å². The van der Waals surface area contributed by atoms with E-state index < -0.39 is 0 Å². The van der Waals surface area contributed by atoms with E-state index in [1.807, 2.05) is 23.9 Å². The van der Waals surface area contributed by atoms with Gasteiger partial charge >= 0.3 is 0 Å². The average molecular weight is 366 g/mol. The second kappa shape index (κ2) is 6.64. The molecule has 0 atom stereocenters. The van der Waals surface area contributed by atoms with Crippen LogP contribution in [0.3, 0.4) is 0 Å². The van der Waals surface area contributed by atoms with Gasteiger partial charge in [0.15, 0.2) is 0 Å². The molecule has 0 fully saturated rings. The molecule has 0 saturated carbocycles. The first-order valence-electron chi connectivity index (χ1n) is 7.66. The summed E-state index contributed by atoms with van der Waals surface area (Å²) in [6, 6.07) is 1.82. The highest BCUT2D eigenvalue weighted by molar-refractivity contribution is 9.10. The summed E-state index contributed by atoms with van der Waals surface area (Å²) in [5.74, 6) is 2.11. The fourth-order valence-electron chi connectivity index (χ4n) is 2.84. The third-order valence-electron chi connectivity index (χ3n) is 4.00. The zero-order chi connectivity index (χ0) is 15.5. The molecule has 118 valence electrons. The van der Waals surface area contributed by atoms with Crippen molar-refractivity contribution in [3.8, 4) is 0 Å². The Morgan fingerprint density at radius 2 is 2.27 bits per heavy atom. The number of carbonyl (C=O) groups is 1. The Bertz CT molecular complexity index is 676. The molecule has 3 rings (SSSR count). The van der Waals surface area contributed by atoms with Gasteiger partial charge in [0.05, 0.1) is 0 Å². The number of nitrogens with one attached hydrogen (secondary N) is 1. The molecule has 0 aromatic carbocycles. The van der Waals surface area contributed by atoms with Gasteiger partial charge < -0.3 is 14.5 Å². The molecule has 0 aliphatic carbocycles. The molecule has 2 aromatic rings. The lowest BCUT2D eigenvalue weighted by molar-refractivity contribution is 0.0945. The highest BCUT2D eigenvalue weighted by Gasteiger charge is 2.15. The van der Waals surface area contributed by atoms with Crippen LogP contribution in [0, 0.1) is 0 Å². The minimum atomic E-state index is -0.0449. The lowest BCUT2D eigenvalue weighted by Gasteiger charge is -2.14. The number of aromatic nitrogens is 4. The zero-order valence-electron chi connectivity index (χ0n) is 12.7. The molecule has 1 amide bonds. The molecule has 22 heavy (non-hydrogen) atoms. The normalized spacial score (nSPS) is 13.9. The second-order valence-electron chi connectivity index (χ2n) is 5.66. The van der Waals surface area contributed by atoms with Crippen LogP contribution < -0.4 is 5.32 Å². The van der Waals surface area contributed by atoms with Crippen LogP contribution in [0.2, 0.25) is 0 Å². The van der Waals surface area contributed by atoms with E-state index >= 15 is 0 Å². The van der Waals surface area contributed by atoms with E-state index in [0.29, 0.717) is 12.2 Å². The van der Waals surface area contributed by atoms with Crippen LogP contribution in [0.5, 0.6) is 0 Å². The molecule has 0 unspecified atom stereocenters. The number of amides is 1. The molecule has 3 heterocycles. The third-order valence-corrected chi connectivity index (χ3v) is 4.44. The van der Waals surface area contributed by atoms with Crippen molar-refractivity contribution in [2.45, 2.75) is 38.6 Å². The summed E-state index contributed by atoms with van der Waals surface area (Å²) in [5.41, 5.74) is 0.659. The van der Waals surface area contributed by atoms with Gasteiger partial charge in [-0.05, 0) is 41.3 Å². The van der Waals surface area contributed by atoms with Crippen LogP contribution in [-0.4, -0.2) is 31.8 Å². The lowest BCUT2D eigenvalue weighted by atomic mass is 10.1. The van der Waals surface area contributed by atoms with E-state index in [1.165, 1.54) is 12.8 Å².